The number of rotatable bonds is 6. The third kappa shape index (κ3) is 4.31. The number of benzene rings is 1. The van der Waals surface area contributed by atoms with E-state index in [4.69, 9.17) is 0 Å². The summed E-state index contributed by atoms with van der Waals surface area (Å²) in [6, 6.07) is 3.49. The zero-order chi connectivity index (χ0) is 15.1. The van der Waals surface area contributed by atoms with Gasteiger partial charge in [0, 0.05) is 6.54 Å². The zero-order valence-corrected chi connectivity index (χ0v) is 11.6. The Labute approximate surface area is 117 Å². The van der Waals surface area contributed by atoms with E-state index in [0.717, 1.165) is 12.1 Å². The van der Waals surface area contributed by atoms with Crippen LogP contribution in [0.3, 0.4) is 0 Å². The lowest BCUT2D eigenvalue weighted by atomic mass is 10.1. The van der Waals surface area contributed by atoms with Crippen molar-refractivity contribution in [3.8, 4) is 0 Å². The summed E-state index contributed by atoms with van der Waals surface area (Å²) in [4.78, 5) is 23.5. The van der Waals surface area contributed by atoms with Crippen molar-refractivity contribution in [1.29, 1.82) is 0 Å². The maximum atomic E-state index is 13.2. The molecule has 2 amide bonds. The number of aliphatic hydroxyl groups excluding tert-OH is 1. The topological polar surface area (TPSA) is 78.4 Å². The summed E-state index contributed by atoms with van der Waals surface area (Å²) < 4.78 is 13.2. The van der Waals surface area contributed by atoms with Crippen LogP contribution in [0.2, 0.25) is 0 Å². The number of nitrogens with one attached hydrogen (secondary N) is 2. The molecular formula is C14H19FN2O3. The van der Waals surface area contributed by atoms with Gasteiger partial charge in [-0.1, -0.05) is 13.3 Å². The van der Waals surface area contributed by atoms with Gasteiger partial charge in [0.2, 0.25) is 0 Å². The number of halogens is 1. The molecule has 0 aromatic heterocycles. The highest BCUT2D eigenvalue weighted by atomic mass is 19.1. The maximum absolute atomic E-state index is 13.2. The molecule has 1 aromatic rings. The number of carbonyl (C=O) groups excluding carboxylic acids is 2. The highest BCUT2D eigenvalue weighted by Gasteiger charge is 2.18. The molecule has 0 saturated heterocycles. The molecule has 1 unspecified atom stereocenters. The van der Waals surface area contributed by atoms with Crippen molar-refractivity contribution in [3.63, 3.8) is 0 Å². The molecule has 1 rings (SSSR count). The Morgan fingerprint density at radius 2 is 2.05 bits per heavy atom. The Hall–Kier alpha value is -1.95. The van der Waals surface area contributed by atoms with E-state index in [2.05, 4.69) is 10.6 Å². The molecule has 6 heteroatoms. The fourth-order valence-corrected chi connectivity index (χ4v) is 1.69. The second kappa shape index (κ2) is 7.59. The summed E-state index contributed by atoms with van der Waals surface area (Å²) in [5.74, 6) is -1.66. The van der Waals surface area contributed by atoms with Crippen LogP contribution in [0.5, 0.6) is 0 Å². The summed E-state index contributed by atoms with van der Waals surface area (Å²) in [6.45, 7) is 3.97. The molecule has 110 valence electrons. The van der Waals surface area contributed by atoms with Gasteiger partial charge in [-0.3, -0.25) is 9.59 Å². The third-order valence-corrected chi connectivity index (χ3v) is 2.69. The first-order chi connectivity index (χ1) is 9.49. The summed E-state index contributed by atoms with van der Waals surface area (Å²) in [6.07, 6.45) is -0.169. The van der Waals surface area contributed by atoms with Crippen LogP contribution in [-0.4, -0.2) is 29.6 Å². The Morgan fingerprint density at radius 3 is 2.65 bits per heavy atom. The van der Waals surface area contributed by atoms with Crippen LogP contribution in [0.25, 0.3) is 0 Å². The summed E-state index contributed by atoms with van der Waals surface area (Å²) in [7, 11) is 0. The Bertz CT molecular complexity index is 491. The van der Waals surface area contributed by atoms with Crippen molar-refractivity contribution in [2.45, 2.75) is 32.8 Å². The fourth-order valence-electron chi connectivity index (χ4n) is 1.69. The van der Waals surface area contributed by atoms with Gasteiger partial charge >= 0.3 is 0 Å². The van der Waals surface area contributed by atoms with Crippen LogP contribution in [-0.2, 0) is 4.79 Å². The minimum absolute atomic E-state index is 0.0314. The number of anilines is 1. The summed E-state index contributed by atoms with van der Waals surface area (Å²) >= 11 is 0. The van der Waals surface area contributed by atoms with Crippen molar-refractivity contribution in [2.24, 2.45) is 0 Å². The fraction of sp³-hybridized carbons (Fsp3) is 0.429. The second-order valence-electron chi connectivity index (χ2n) is 4.34. The lowest BCUT2D eigenvalue weighted by Crippen LogP contribution is -2.30. The molecule has 20 heavy (non-hydrogen) atoms. The number of aliphatic hydroxyl groups is 1. The number of hydrogen-bond donors (Lipinski definition) is 3. The van der Waals surface area contributed by atoms with Crippen LogP contribution in [0, 0.1) is 5.82 Å². The monoisotopic (exact) mass is 282 g/mol. The first kappa shape index (κ1) is 16.1. The van der Waals surface area contributed by atoms with Crippen molar-refractivity contribution in [2.75, 3.05) is 11.9 Å². The van der Waals surface area contributed by atoms with Gasteiger partial charge in [0.05, 0.1) is 11.3 Å². The molecule has 1 aromatic carbocycles. The predicted octanol–water partition coefficient (Wildman–Crippen LogP) is 1.67. The average Bonchev–Trinajstić information content (AvgIpc) is 2.41. The minimum Gasteiger partial charge on any atom is -0.383 e. The van der Waals surface area contributed by atoms with E-state index in [-0.39, 0.29) is 11.3 Å². The number of hydrogen-bond acceptors (Lipinski definition) is 3. The van der Waals surface area contributed by atoms with E-state index in [9.17, 15) is 19.1 Å². The van der Waals surface area contributed by atoms with Crippen LogP contribution >= 0.6 is 0 Å². The lowest BCUT2D eigenvalue weighted by Gasteiger charge is -2.13. The Balaban J connectivity index is 2.94. The van der Waals surface area contributed by atoms with Crippen molar-refractivity contribution < 1.29 is 19.1 Å². The van der Waals surface area contributed by atoms with Crippen LogP contribution < -0.4 is 10.6 Å². The van der Waals surface area contributed by atoms with Gasteiger partial charge in [-0.05, 0) is 31.5 Å². The molecule has 0 aliphatic carbocycles. The highest BCUT2D eigenvalue weighted by molar-refractivity contribution is 6.04. The first-order valence-corrected chi connectivity index (χ1v) is 6.56. The lowest BCUT2D eigenvalue weighted by molar-refractivity contribution is -0.124. The standard InChI is InChI=1S/C14H19FN2O3/c1-3-5-12(18)14(20)17-11-7-6-9(15)8-10(11)13(19)16-4-2/h6-8,12,18H,3-5H2,1-2H3,(H,16,19)(H,17,20). The van der Waals surface area contributed by atoms with Crippen molar-refractivity contribution in [3.05, 3.63) is 29.6 Å². The van der Waals surface area contributed by atoms with E-state index >= 15 is 0 Å². The summed E-state index contributed by atoms with van der Waals surface area (Å²) in [5, 5.41) is 14.6. The van der Waals surface area contributed by atoms with E-state index < -0.39 is 23.7 Å². The van der Waals surface area contributed by atoms with E-state index in [0.29, 0.717) is 19.4 Å². The predicted molar refractivity (Wildman–Crippen MR) is 74.0 cm³/mol. The maximum Gasteiger partial charge on any atom is 0.253 e. The molecule has 0 bridgehead atoms. The average molecular weight is 282 g/mol. The van der Waals surface area contributed by atoms with Gasteiger partial charge in [-0.25, -0.2) is 4.39 Å². The van der Waals surface area contributed by atoms with E-state index in [1.54, 1.807) is 6.92 Å². The molecule has 5 nitrogen and oxygen atoms in total. The molecule has 0 aliphatic rings. The smallest absolute Gasteiger partial charge is 0.253 e. The van der Waals surface area contributed by atoms with Gasteiger partial charge in [0.1, 0.15) is 11.9 Å². The normalized spacial score (nSPS) is 11.8. The van der Waals surface area contributed by atoms with Crippen LogP contribution in [0.1, 0.15) is 37.0 Å². The van der Waals surface area contributed by atoms with Crippen molar-refractivity contribution >= 4 is 17.5 Å². The molecule has 3 N–H and O–H groups in total. The molecule has 0 aliphatic heterocycles. The largest absolute Gasteiger partial charge is 0.383 e. The Morgan fingerprint density at radius 1 is 1.35 bits per heavy atom. The quantitative estimate of drug-likeness (QED) is 0.742. The van der Waals surface area contributed by atoms with E-state index in [1.807, 2.05) is 6.92 Å². The van der Waals surface area contributed by atoms with Gasteiger partial charge in [-0.15, -0.1) is 0 Å². The Kier molecular flexibility index (Phi) is 6.11. The number of carbonyl (C=O) groups is 2. The molecule has 0 saturated carbocycles. The third-order valence-electron chi connectivity index (χ3n) is 2.69. The van der Waals surface area contributed by atoms with E-state index in [1.165, 1.54) is 6.07 Å². The molecule has 0 radical (unpaired) electrons. The minimum atomic E-state index is -1.15. The molecular weight excluding hydrogens is 263 g/mol. The highest BCUT2D eigenvalue weighted by Crippen LogP contribution is 2.18. The SMILES string of the molecule is CCCC(O)C(=O)Nc1ccc(F)cc1C(=O)NCC. The molecule has 0 fully saturated rings. The second-order valence-corrected chi connectivity index (χ2v) is 4.34. The van der Waals surface area contributed by atoms with Crippen LogP contribution in [0.15, 0.2) is 18.2 Å². The zero-order valence-electron chi connectivity index (χ0n) is 11.6. The summed E-state index contributed by atoms with van der Waals surface area (Å²) in [5.41, 5.74) is 0.210. The molecule has 0 spiro atoms. The van der Waals surface area contributed by atoms with Crippen molar-refractivity contribution in [1.82, 2.24) is 5.32 Å². The van der Waals surface area contributed by atoms with Crippen LogP contribution in [0.4, 0.5) is 10.1 Å². The molecule has 1 atom stereocenters. The van der Waals surface area contributed by atoms with Gasteiger partial charge in [-0.2, -0.15) is 0 Å². The van der Waals surface area contributed by atoms with Gasteiger partial charge < -0.3 is 15.7 Å². The number of amides is 2. The van der Waals surface area contributed by atoms with Gasteiger partial charge in [0.25, 0.3) is 11.8 Å². The first-order valence-electron chi connectivity index (χ1n) is 6.56. The van der Waals surface area contributed by atoms with Gasteiger partial charge in [0.15, 0.2) is 0 Å². The molecule has 0 heterocycles.